The van der Waals surface area contributed by atoms with E-state index >= 15 is 0 Å². The van der Waals surface area contributed by atoms with Crippen molar-refractivity contribution in [2.75, 3.05) is 5.32 Å². The Morgan fingerprint density at radius 2 is 1.65 bits per heavy atom. The van der Waals surface area contributed by atoms with Crippen LogP contribution in [0.25, 0.3) is 55.4 Å². The number of aromatic nitrogens is 1. The summed E-state index contributed by atoms with van der Waals surface area (Å²) in [5.74, 6) is 0. The van der Waals surface area contributed by atoms with E-state index < -0.39 is 6.85 Å². The highest BCUT2D eigenvalue weighted by molar-refractivity contribution is 6.14. The maximum Gasteiger partial charge on any atom is 0.143 e. The van der Waals surface area contributed by atoms with Gasteiger partial charge in [-0.3, -0.25) is 4.98 Å². The van der Waals surface area contributed by atoms with E-state index in [-0.39, 0.29) is 5.56 Å². The Hall–Kier alpha value is -4.37. The van der Waals surface area contributed by atoms with E-state index in [0.717, 1.165) is 66.7 Å². The van der Waals surface area contributed by atoms with Crippen LogP contribution in [0.4, 0.5) is 11.4 Å². The van der Waals surface area contributed by atoms with Crippen molar-refractivity contribution in [3.8, 4) is 33.5 Å². The third-order valence-electron chi connectivity index (χ3n) is 6.76. The van der Waals surface area contributed by atoms with Crippen LogP contribution < -0.4 is 5.32 Å². The highest BCUT2D eigenvalue weighted by Gasteiger charge is 2.24. The molecule has 162 valence electrons. The molecule has 1 aliphatic rings. The first-order valence-corrected chi connectivity index (χ1v) is 11.3. The van der Waals surface area contributed by atoms with Gasteiger partial charge in [0.25, 0.3) is 0 Å². The summed E-state index contributed by atoms with van der Waals surface area (Å²) in [7, 11) is 0. The van der Waals surface area contributed by atoms with E-state index in [1.54, 1.807) is 12.1 Å². The van der Waals surface area contributed by atoms with Gasteiger partial charge in [-0.25, -0.2) is 0 Å². The van der Waals surface area contributed by atoms with Gasteiger partial charge < -0.3 is 9.73 Å². The third-order valence-corrected chi connectivity index (χ3v) is 6.76. The molecule has 2 bridgehead atoms. The molecule has 0 fully saturated rings. The molecule has 0 radical (unpaired) electrons. The zero-order chi connectivity index (χ0) is 25.3. The number of pyridine rings is 1. The molecule has 4 aromatic carbocycles. The number of hydrogen-bond donors (Lipinski definition) is 1. The van der Waals surface area contributed by atoms with E-state index in [2.05, 4.69) is 59.7 Å². The van der Waals surface area contributed by atoms with Crippen molar-refractivity contribution in [3.05, 3.63) is 102 Å². The lowest BCUT2D eigenvalue weighted by Gasteiger charge is -2.23. The number of nitrogens with zero attached hydrogens (tertiary/aromatic N) is 1. The van der Waals surface area contributed by atoms with E-state index in [0.29, 0.717) is 5.69 Å². The smallest absolute Gasteiger partial charge is 0.143 e. The van der Waals surface area contributed by atoms with Gasteiger partial charge in [-0.15, -0.1) is 0 Å². The van der Waals surface area contributed by atoms with E-state index in [1.807, 2.05) is 30.3 Å². The van der Waals surface area contributed by atoms with Gasteiger partial charge in [0.05, 0.1) is 5.69 Å². The average Bonchev–Trinajstić information content (AvgIpc) is 3.27. The van der Waals surface area contributed by atoms with Crippen molar-refractivity contribution in [1.82, 2.24) is 4.98 Å². The summed E-state index contributed by atoms with van der Waals surface area (Å²) in [5.41, 5.74) is 11.1. The highest BCUT2D eigenvalue weighted by Crippen LogP contribution is 2.48. The Morgan fingerprint density at radius 1 is 0.794 bits per heavy atom. The summed E-state index contributed by atoms with van der Waals surface area (Å²) in [6, 6.07) is 28.3. The zero-order valence-corrected chi connectivity index (χ0v) is 18.5. The largest absolute Gasteiger partial charge is 0.455 e. The summed E-state index contributed by atoms with van der Waals surface area (Å²) >= 11 is 0. The Kier molecular flexibility index (Phi) is 3.38. The molecule has 1 N–H and O–H groups in total. The van der Waals surface area contributed by atoms with Crippen LogP contribution in [0.2, 0.25) is 0 Å². The molecule has 0 amide bonds. The summed E-state index contributed by atoms with van der Waals surface area (Å²) in [5, 5.41) is 5.82. The van der Waals surface area contributed by atoms with Crippen LogP contribution in [0, 0.1) is 13.8 Å². The summed E-state index contributed by atoms with van der Waals surface area (Å²) in [6.07, 6.45) is 1.44. The topological polar surface area (TPSA) is 38.1 Å². The van der Waals surface area contributed by atoms with Gasteiger partial charge in [-0.2, -0.15) is 0 Å². The molecule has 0 spiro atoms. The van der Waals surface area contributed by atoms with Gasteiger partial charge in [-0.1, -0.05) is 48.5 Å². The number of anilines is 2. The number of benzene rings is 4. The summed E-state index contributed by atoms with van der Waals surface area (Å²) < 4.78 is 29.4. The van der Waals surface area contributed by atoms with Gasteiger partial charge in [0, 0.05) is 54.7 Å². The lowest BCUT2D eigenvalue weighted by molar-refractivity contribution is 0.669. The molecule has 0 atom stereocenters. The van der Waals surface area contributed by atoms with Crippen LogP contribution in [0.3, 0.4) is 0 Å². The predicted octanol–water partition coefficient (Wildman–Crippen LogP) is 8.66. The first-order valence-electron chi connectivity index (χ1n) is 12.8. The standard InChI is InChI=1S/C31H22N2O/c1-18-11-13-26(32-17-18)20-12-14-28-25(15-20)30-19(2)23(21-7-3-5-9-27(21)33-28)16-24-22-8-4-6-10-29(22)34-31(24)30/h3-17,33H,1-2H3/i1D3. The molecule has 0 aliphatic carbocycles. The molecule has 7 rings (SSSR count). The van der Waals surface area contributed by atoms with Crippen molar-refractivity contribution < 1.29 is 8.53 Å². The van der Waals surface area contributed by atoms with Gasteiger partial charge >= 0.3 is 0 Å². The van der Waals surface area contributed by atoms with Crippen LogP contribution >= 0.6 is 0 Å². The summed E-state index contributed by atoms with van der Waals surface area (Å²) in [4.78, 5) is 4.49. The normalized spacial score (nSPS) is 13.7. The van der Waals surface area contributed by atoms with Crippen LogP contribution in [0.5, 0.6) is 0 Å². The number of nitrogens with one attached hydrogen (secondary N) is 1. The minimum atomic E-state index is -2.18. The maximum absolute atomic E-state index is 7.65. The van der Waals surface area contributed by atoms with Gasteiger partial charge in [0.2, 0.25) is 0 Å². The molecule has 34 heavy (non-hydrogen) atoms. The molecule has 3 nitrogen and oxygen atoms in total. The van der Waals surface area contributed by atoms with Gasteiger partial charge in [0.15, 0.2) is 0 Å². The quantitative estimate of drug-likeness (QED) is 0.277. The minimum absolute atomic E-state index is 0.230. The number of rotatable bonds is 1. The van der Waals surface area contributed by atoms with Crippen molar-refractivity contribution in [2.24, 2.45) is 0 Å². The van der Waals surface area contributed by atoms with E-state index in [4.69, 9.17) is 8.53 Å². The van der Waals surface area contributed by atoms with Gasteiger partial charge in [-0.05, 0) is 66.9 Å². The van der Waals surface area contributed by atoms with Crippen molar-refractivity contribution in [2.45, 2.75) is 13.8 Å². The third kappa shape index (κ3) is 2.74. The number of aryl methyl sites for hydroxylation is 1. The molecule has 3 heteroatoms. The Bertz CT molecular complexity index is 1850. The predicted molar refractivity (Wildman–Crippen MR) is 141 cm³/mol. The van der Waals surface area contributed by atoms with Gasteiger partial charge in [0.1, 0.15) is 11.2 Å². The second-order valence-electron chi connectivity index (χ2n) is 8.76. The molecule has 3 heterocycles. The van der Waals surface area contributed by atoms with E-state index in [9.17, 15) is 0 Å². The molecular formula is C31H22N2O. The summed E-state index contributed by atoms with van der Waals surface area (Å²) in [6.45, 7) is -0.0292. The van der Waals surface area contributed by atoms with Crippen molar-refractivity contribution >= 4 is 33.3 Å². The van der Waals surface area contributed by atoms with Crippen LogP contribution in [0.1, 0.15) is 15.2 Å². The Balaban J connectivity index is 1.53. The number of hydrogen-bond acceptors (Lipinski definition) is 3. The van der Waals surface area contributed by atoms with Crippen LogP contribution in [-0.4, -0.2) is 4.98 Å². The monoisotopic (exact) mass is 441 g/mol. The number of furan rings is 1. The second kappa shape index (κ2) is 7.06. The molecule has 0 saturated heterocycles. The number of fused-ring (bicyclic) bond motifs is 10. The first kappa shape index (κ1) is 16.3. The molecule has 6 aromatic rings. The second-order valence-corrected chi connectivity index (χ2v) is 8.76. The Labute approximate surface area is 201 Å². The minimum Gasteiger partial charge on any atom is -0.455 e. The average molecular weight is 442 g/mol. The fourth-order valence-corrected chi connectivity index (χ4v) is 5.11. The highest BCUT2D eigenvalue weighted by atomic mass is 16.3. The first-order chi connectivity index (χ1) is 17.9. The fraction of sp³-hybridized carbons (Fsp3) is 0.0645. The van der Waals surface area contributed by atoms with Crippen molar-refractivity contribution in [1.29, 1.82) is 0 Å². The molecule has 0 saturated carbocycles. The van der Waals surface area contributed by atoms with Crippen LogP contribution in [-0.2, 0) is 0 Å². The fourth-order valence-electron chi connectivity index (χ4n) is 5.11. The maximum atomic E-state index is 7.65. The van der Waals surface area contributed by atoms with E-state index in [1.165, 1.54) is 6.20 Å². The molecule has 2 aromatic heterocycles. The lowest BCUT2D eigenvalue weighted by atomic mass is 9.86. The van der Waals surface area contributed by atoms with Crippen LogP contribution in [0.15, 0.2) is 95.5 Å². The van der Waals surface area contributed by atoms with Crippen molar-refractivity contribution in [3.63, 3.8) is 0 Å². The SMILES string of the molecule is [2H]C([2H])([2H])c1ccc(-c2ccc3c(c2)-c2c(C)c(cc4c2oc2ccccc24)-c2ccccc2N3)nc1. The number of para-hydroxylation sites is 2. The lowest BCUT2D eigenvalue weighted by Crippen LogP contribution is -2.02. The Morgan fingerprint density at radius 3 is 2.53 bits per heavy atom. The molecule has 1 aliphatic heterocycles. The molecular weight excluding hydrogens is 416 g/mol. The zero-order valence-electron chi connectivity index (χ0n) is 21.5. The molecule has 0 unspecified atom stereocenters.